The summed E-state index contributed by atoms with van der Waals surface area (Å²) in [6, 6.07) is 0.694. The summed E-state index contributed by atoms with van der Waals surface area (Å²) in [6.07, 6.45) is 3.93. The average Bonchev–Trinajstić information content (AvgIpc) is 2.25. The Morgan fingerprint density at radius 3 is 2.50 bits per heavy atom. The second-order valence-electron chi connectivity index (χ2n) is 4.09. The van der Waals surface area contributed by atoms with E-state index in [-0.39, 0.29) is 0 Å². The summed E-state index contributed by atoms with van der Waals surface area (Å²) in [5.41, 5.74) is 0.338. The molecule has 0 spiro atoms. The molecule has 0 aromatic heterocycles. The Hall–Kier alpha value is -0.0800. The Morgan fingerprint density at radius 1 is 1.60 bits per heavy atom. The van der Waals surface area contributed by atoms with Crippen molar-refractivity contribution < 1.29 is 0 Å². The number of fused-ring (bicyclic) bond motifs is 2. The van der Waals surface area contributed by atoms with Crippen molar-refractivity contribution >= 4 is 0 Å². The Bertz CT molecular complexity index is 157. The number of nitrogens with two attached hydrogens (primary N) is 1. The molecule has 0 radical (unpaired) electrons. The van der Waals surface area contributed by atoms with Crippen LogP contribution in [-0.4, -0.2) is 16.6 Å². The molecule has 0 aromatic carbocycles. The summed E-state index contributed by atoms with van der Waals surface area (Å²) in [4.78, 5) is 0. The molecular formula is C8H16N2. The van der Waals surface area contributed by atoms with Gasteiger partial charge in [0.25, 0.3) is 0 Å². The van der Waals surface area contributed by atoms with Crippen LogP contribution in [0.1, 0.15) is 33.1 Å². The van der Waals surface area contributed by atoms with Crippen LogP contribution in [0.25, 0.3) is 0 Å². The van der Waals surface area contributed by atoms with E-state index in [1.165, 1.54) is 19.3 Å². The molecule has 3 unspecified atom stereocenters. The quantitative estimate of drug-likeness (QED) is 0.511. The molecule has 0 aromatic rings. The van der Waals surface area contributed by atoms with Gasteiger partial charge in [0.15, 0.2) is 0 Å². The standard InChI is InChI=1S/C8H16N2/c1-6-5-7-3-4-8(6,2)10(7)9/h6-7H,3-5,9H2,1-2H3. The van der Waals surface area contributed by atoms with E-state index in [0.717, 1.165) is 5.92 Å². The molecule has 2 heterocycles. The van der Waals surface area contributed by atoms with Crippen LogP contribution < -0.4 is 5.84 Å². The van der Waals surface area contributed by atoms with Gasteiger partial charge in [-0.15, -0.1) is 0 Å². The van der Waals surface area contributed by atoms with E-state index in [1.54, 1.807) is 0 Å². The minimum absolute atomic E-state index is 0.338. The van der Waals surface area contributed by atoms with E-state index in [9.17, 15) is 0 Å². The van der Waals surface area contributed by atoms with Crippen molar-refractivity contribution in [2.24, 2.45) is 11.8 Å². The molecule has 2 aliphatic heterocycles. The molecule has 0 saturated carbocycles. The first-order valence-corrected chi connectivity index (χ1v) is 4.18. The Kier molecular flexibility index (Phi) is 1.15. The van der Waals surface area contributed by atoms with Gasteiger partial charge in [-0.3, -0.25) is 5.84 Å². The first-order chi connectivity index (χ1) is 4.64. The molecule has 58 valence electrons. The van der Waals surface area contributed by atoms with Gasteiger partial charge >= 0.3 is 0 Å². The second kappa shape index (κ2) is 1.74. The van der Waals surface area contributed by atoms with Gasteiger partial charge in [0, 0.05) is 11.6 Å². The summed E-state index contributed by atoms with van der Waals surface area (Å²) >= 11 is 0. The zero-order chi connectivity index (χ0) is 7.35. The third-order valence-corrected chi connectivity index (χ3v) is 3.65. The first kappa shape index (κ1) is 6.62. The zero-order valence-electron chi connectivity index (χ0n) is 6.80. The molecule has 0 aliphatic carbocycles. The molecule has 2 saturated heterocycles. The van der Waals surface area contributed by atoms with Gasteiger partial charge in [-0.25, -0.2) is 5.01 Å². The highest BCUT2D eigenvalue weighted by Crippen LogP contribution is 2.47. The number of hydrazine groups is 1. The van der Waals surface area contributed by atoms with Crippen LogP contribution in [0.5, 0.6) is 0 Å². The molecule has 2 nitrogen and oxygen atoms in total. The molecule has 2 N–H and O–H groups in total. The zero-order valence-corrected chi connectivity index (χ0v) is 6.80. The van der Waals surface area contributed by atoms with Gasteiger partial charge in [0.1, 0.15) is 0 Å². The Labute approximate surface area is 62.4 Å². The smallest absolute Gasteiger partial charge is 0.0353 e. The van der Waals surface area contributed by atoms with Crippen LogP contribution in [0.15, 0.2) is 0 Å². The molecule has 2 aliphatic rings. The highest BCUT2D eigenvalue weighted by atomic mass is 15.5. The van der Waals surface area contributed by atoms with Crippen LogP contribution in [0.3, 0.4) is 0 Å². The Morgan fingerprint density at radius 2 is 2.30 bits per heavy atom. The van der Waals surface area contributed by atoms with E-state index in [1.807, 2.05) is 0 Å². The van der Waals surface area contributed by atoms with Crippen molar-refractivity contribution in [1.29, 1.82) is 0 Å². The van der Waals surface area contributed by atoms with Crippen LogP contribution >= 0.6 is 0 Å². The maximum atomic E-state index is 5.94. The predicted molar refractivity (Wildman–Crippen MR) is 41.2 cm³/mol. The van der Waals surface area contributed by atoms with Crippen LogP contribution in [0.2, 0.25) is 0 Å². The summed E-state index contributed by atoms with van der Waals surface area (Å²) in [5.74, 6) is 6.74. The lowest BCUT2D eigenvalue weighted by Gasteiger charge is -2.31. The van der Waals surface area contributed by atoms with Gasteiger partial charge in [0.2, 0.25) is 0 Å². The largest absolute Gasteiger partial charge is 0.268 e. The molecule has 2 rings (SSSR count). The monoisotopic (exact) mass is 140 g/mol. The highest BCUT2D eigenvalue weighted by molar-refractivity contribution is 5.05. The van der Waals surface area contributed by atoms with Crippen molar-refractivity contribution in [3.63, 3.8) is 0 Å². The predicted octanol–water partition coefficient (Wildman–Crippen LogP) is 1.12. The van der Waals surface area contributed by atoms with Gasteiger partial charge in [-0.1, -0.05) is 6.92 Å². The molecular weight excluding hydrogens is 124 g/mol. The fourth-order valence-electron chi connectivity index (χ4n) is 2.54. The first-order valence-electron chi connectivity index (χ1n) is 4.18. The number of rotatable bonds is 0. The van der Waals surface area contributed by atoms with Gasteiger partial charge in [-0.2, -0.15) is 0 Å². The summed E-state index contributed by atoms with van der Waals surface area (Å²) in [7, 11) is 0. The molecule has 10 heavy (non-hydrogen) atoms. The topological polar surface area (TPSA) is 29.3 Å². The highest BCUT2D eigenvalue weighted by Gasteiger charge is 2.51. The molecule has 0 amide bonds. The van der Waals surface area contributed by atoms with Crippen molar-refractivity contribution in [3.8, 4) is 0 Å². The minimum Gasteiger partial charge on any atom is -0.268 e. The van der Waals surface area contributed by atoms with Gasteiger partial charge in [0.05, 0.1) is 0 Å². The van der Waals surface area contributed by atoms with Crippen molar-refractivity contribution in [2.45, 2.75) is 44.7 Å². The maximum absolute atomic E-state index is 5.94. The van der Waals surface area contributed by atoms with E-state index in [4.69, 9.17) is 5.84 Å². The lowest BCUT2D eigenvalue weighted by molar-refractivity contribution is 0.146. The van der Waals surface area contributed by atoms with Gasteiger partial charge < -0.3 is 0 Å². The molecule has 3 atom stereocenters. The maximum Gasteiger partial charge on any atom is 0.0353 e. The van der Waals surface area contributed by atoms with E-state index in [0.29, 0.717) is 11.6 Å². The lowest BCUT2D eigenvalue weighted by atomic mass is 9.81. The third kappa shape index (κ3) is 0.565. The van der Waals surface area contributed by atoms with Gasteiger partial charge in [-0.05, 0) is 32.1 Å². The van der Waals surface area contributed by atoms with Crippen LogP contribution in [-0.2, 0) is 0 Å². The fraction of sp³-hybridized carbons (Fsp3) is 1.00. The van der Waals surface area contributed by atoms with E-state index >= 15 is 0 Å². The van der Waals surface area contributed by atoms with Crippen molar-refractivity contribution in [2.75, 3.05) is 0 Å². The SMILES string of the molecule is CC1CC2CCC1(C)N2N. The molecule has 2 heteroatoms. The number of nitrogens with zero attached hydrogens (tertiary/aromatic N) is 1. The summed E-state index contributed by atoms with van der Waals surface area (Å²) < 4.78 is 0. The average molecular weight is 140 g/mol. The second-order valence-corrected chi connectivity index (χ2v) is 4.09. The Balaban J connectivity index is 2.29. The lowest BCUT2D eigenvalue weighted by Crippen LogP contribution is -2.46. The fourth-order valence-corrected chi connectivity index (χ4v) is 2.54. The van der Waals surface area contributed by atoms with Crippen molar-refractivity contribution in [1.82, 2.24) is 5.01 Å². The summed E-state index contributed by atoms with van der Waals surface area (Å²) in [5, 5.41) is 2.09. The number of hydrogen-bond donors (Lipinski definition) is 1. The van der Waals surface area contributed by atoms with Crippen LogP contribution in [0, 0.1) is 5.92 Å². The van der Waals surface area contributed by atoms with E-state index in [2.05, 4.69) is 18.9 Å². The van der Waals surface area contributed by atoms with E-state index < -0.39 is 0 Å². The normalized spacial score (nSPS) is 54.3. The number of hydrogen-bond acceptors (Lipinski definition) is 2. The molecule has 2 fully saturated rings. The minimum atomic E-state index is 0.338. The summed E-state index contributed by atoms with van der Waals surface area (Å²) in [6.45, 7) is 4.61. The molecule has 2 bridgehead atoms. The third-order valence-electron chi connectivity index (χ3n) is 3.65. The van der Waals surface area contributed by atoms with Crippen LogP contribution in [0.4, 0.5) is 0 Å². The van der Waals surface area contributed by atoms with Crippen molar-refractivity contribution in [3.05, 3.63) is 0 Å².